The monoisotopic (exact) mass is 198 g/mol. The summed E-state index contributed by atoms with van der Waals surface area (Å²) < 4.78 is 0. The Morgan fingerprint density at radius 1 is 1.36 bits per heavy atom. The third kappa shape index (κ3) is 4.94. The van der Waals surface area contributed by atoms with E-state index in [1.807, 2.05) is 0 Å². The van der Waals surface area contributed by atoms with Gasteiger partial charge in [0.05, 0.1) is 0 Å². The van der Waals surface area contributed by atoms with E-state index in [0.717, 1.165) is 26.2 Å². The Hall–Kier alpha value is -0.120. The number of rotatable bonds is 6. The van der Waals surface area contributed by atoms with E-state index in [2.05, 4.69) is 29.8 Å². The average molecular weight is 198 g/mol. The maximum atomic E-state index is 4.36. The quantitative estimate of drug-likeness (QED) is 0.618. The topological polar surface area (TPSA) is 38.2 Å². The van der Waals surface area contributed by atoms with Gasteiger partial charge in [0, 0.05) is 25.2 Å². The van der Waals surface area contributed by atoms with E-state index in [9.17, 15) is 0 Å². The summed E-state index contributed by atoms with van der Waals surface area (Å²) in [5, 5.41) is 11.4. The number of nitrogens with one attached hydrogen (secondary N) is 2. The van der Waals surface area contributed by atoms with Crippen LogP contribution in [0.25, 0.3) is 0 Å². The first-order chi connectivity index (χ1) is 6.83. The molecule has 0 aromatic rings. The van der Waals surface area contributed by atoms with Crippen LogP contribution in [0.3, 0.4) is 0 Å². The van der Waals surface area contributed by atoms with Crippen LogP contribution >= 0.6 is 0 Å². The Labute approximate surface area is 88.0 Å². The molecule has 0 aliphatic carbocycles. The van der Waals surface area contributed by atoms with Crippen molar-refractivity contribution in [2.24, 2.45) is 0 Å². The lowest BCUT2D eigenvalue weighted by Gasteiger charge is -2.26. The lowest BCUT2D eigenvalue weighted by Crippen LogP contribution is -2.42. The second-order valence-electron chi connectivity index (χ2n) is 4.16. The highest BCUT2D eigenvalue weighted by atomic mass is 15.0. The molecule has 3 nitrogen and oxygen atoms in total. The molecule has 0 saturated carbocycles. The molecule has 1 saturated heterocycles. The van der Waals surface area contributed by atoms with Crippen molar-refractivity contribution in [2.75, 3.05) is 26.2 Å². The Bertz CT molecular complexity index is 132. The Morgan fingerprint density at radius 3 is 2.71 bits per heavy atom. The molecule has 1 heterocycles. The third-order valence-corrected chi connectivity index (χ3v) is 2.80. The predicted octanol–water partition coefficient (Wildman–Crippen LogP) is 0.731. The molecule has 2 N–H and O–H groups in total. The van der Waals surface area contributed by atoms with Crippen LogP contribution in [0.4, 0.5) is 0 Å². The molecule has 3 heteroatoms. The standard InChI is InChI=1S/C11H24N3/c1-3-12-7-4-10(2)14-11-5-8-13-9-6-11/h10-12,14H,3-9H2,1-2H3. The summed E-state index contributed by atoms with van der Waals surface area (Å²) in [7, 11) is 0. The van der Waals surface area contributed by atoms with Crippen LogP contribution in [0.15, 0.2) is 0 Å². The summed E-state index contributed by atoms with van der Waals surface area (Å²) in [5.41, 5.74) is 0. The van der Waals surface area contributed by atoms with Crippen LogP contribution in [0.1, 0.15) is 33.1 Å². The van der Waals surface area contributed by atoms with E-state index < -0.39 is 0 Å². The SMILES string of the molecule is CCNCCC(C)NC1CC[N]CC1. The van der Waals surface area contributed by atoms with Gasteiger partial charge in [0.2, 0.25) is 0 Å². The van der Waals surface area contributed by atoms with Crippen molar-refractivity contribution in [2.45, 2.75) is 45.2 Å². The van der Waals surface area contributed by atoms with E-state index in [4.69, 9.17) is 0 Å². The molecule has 1 aliphatic rings. The first-order valence-corrected chi connectivity index (χ1v) is 5.93. The van der Waals surface area contributed by atoms with Crippen LogP contribution < -0.4 is 16.0 Å². The van der Waals surface area contributed by atoms with Gasteiger partial charge in [0.15, 0.2) is 0 Å². The first kappa shape index (κ1) is 12.0. The molecule has 83 valence electrons. The van der Waals surface area contributed by atoms with E-state index >= 15 is 0 Å². The number of nitrogens with zero attached hydrogens (tertiary/aromatic N) is 1. The normalized spacial score (nSPS) is 21.0. The Morgan fingerprint density at radius 2 is 2.07 bits per heavy atom. The maximum Gasteiger partial charge on any atom is 0.0148 e. The summed E-state index contributed by atoms with van der Waals surface area (Å²) in [6, 6.07) is 1.35. The molecule has 1 rings (SSSR count). The van der Waals surface area contributed by atoms with Gasteiger partial charge in [-0.15, -0.1) is 0 Å². The molecule has 1 unspecified atom stereocenters. The van der Waals surface area contributed by atoms with Crippen LogP contribution in [0, 0.1) is 0 Å². The van der Waals surface area contributed by atoms with Gasteiger partial charge in [0.25, 0.3) is 0 Å². The molecule has 0 amide bonds. The fraction of sp³-hybridized carbons (Fsp3) is 1.00. The molecular formula is C11H24N3. The van der Waals surface area contributed by atoms with E-state index in [1.54, 1.807) is 0 Å². The molecule has 0 aromatic heterocycles. The zero-order valence-corrected chi connectivity index (χ0v) is 9.55. The zero-order chi connectivity index (χ0) is 10.2. The smallest absolute Gasteiger partial charge is 0.0148 e. The molecule has 1 fully saturated rings. The van der Waals surface area contributed by atoms with Gasteiger partial charge >= 0.3 is 0 Å². The second kappa shape index (κ2) is 7.21. The number of piperidine rings is 1. The minimum absolute atomic E-state index is 0.636. The van der Waals surface area contributed by atoms with Gasteiger partial charge < -0.3 is 10.6 Å². The van der Waals surface area contributed by atoms with E-state index in [1.165, 1.54) is 19.3 Å². The van der Waals surface area contributed by atoms with E-state index in [-0.39, 0.29) is 0 Å². The maximum absolute atomic E-state index is 4.36. The number of hydrogen-bond donors (Lipinski definition) is 2. The van der Waals surface area contributed by atoms with Crippen molar-refractivity contribution in [3.63, 3.8) is 0 Å². The molecule has 1 radical (unpaired) electrons. The lowest BCUT2D eigenvalue weighted by molar-refractivity contribution is 0.343. The van der Waals surface area contributed by atoms with Crippen molar-refractivity contribution in [3.8, 4) is 0 Å². The lowest BCUT2D eigenvalue weighted by atomic mass is 10.1. The highest BCUT2D eigenvalue weighted by Crippen LogP contribution is 2.05. The average Bonchev–Trinajstić information content (AvgIpc) is 2.20. The van der Waals surface area contributed by atoms with Crippen LogP contribution in [0.5, 0.6) is 0 Å². The molecule has 1 aliphatic heterocycles. The van der Waals surface area contributed by atoms with Crippen LogP contribution in [-0.4, -0.2) is 38.3 Å². The Kier molecular flexibility index (Phi) is 6.15. The fourth-order valence-corrected chi connectivity index (χ4v) is 1.90. The van der Waals surface area contributed by atoms with Crippen molar-refractivity contribution in [3.05, 3.63) is 0 Å². The fourth-order valence-electron chi connectivity index (χ4n) is 1.90. The summed E-state index contributed by atoms with van der Waals surface area (Å²) in [6.07, 6.45) is 3.68. The molecule has 0 bridgehead atoms. The summed E-state index contributed by atoms with van der Waals surface area (Å²) in [5.74, 6) is 0. The molecule has 14 heavy (non-hydrogen) atoms. The second-order valence-corrected chi connectivity index (χ2v) is 4.16. The van der Waals surface area contributed by atoms with Crippen LogP contribution in [-0.2, 0) is 0 Å². The van der Waals surface area contributed by atoms with Gasteiger partial charge in [0.1, 0.15) is 0 Å². The third-order valence-electron chi connectivity index (χ3n) is 2.80. The minimum atomic E-state index is 0.636. The first-order valence-electron chi connectivity index (χ1n) is 5.93. The van der Waals surface area contributed by atoms with Crippen molar-refractivity contribution in [1.82, 2.24) is 16.0 Å². The predicted molar refractivity (Wildman–Crippen MR) is 60.6 cm³/mol. The molecular weight excluding hydrogens is 174 g/mol. The van der Waals surface area contributed by atoms with Gasteiger partial charge in [-0.3, -0.25) is 0 Å². The molecule has 0 aromatic carbocycles. The van der Waals surface area contributed by atoms with Gasteiger partial charge in [-0.2, -0.15) is 0 Å². The summed E-state index contributed by atoms with van der Waals surface area (Å²) in [4.78, 5) is 0. The Balaban J connectivity index is 2.03. The molecule has 0 spiro atoms. The molecule has 1 atom stereocenters. The van der Waals surface area contributed by atoms with Crippen molar-refractivity contribution in [1.29, 1.82) is 0 Å². The zero-order valence-electron chi connectivity index (χ0n) is 9.55. The summed E-state index contributed by atoms with van der Waals surface area (Å²) >= 11 is 0. The highest BCUT2D eigenvalue weighted by Gasteiger charge is 2.14. The largest absolute Gasteiger partial charge is 0.317 e. The van der Waals surface area contributed by atoms with Gasteiger partial charge in [-0.05, 0) is 39.3 Å². The van der Waals surface area contributed by atoms with Gasteiger partial charge in [-0.1, -0.05) is 6.92 Å². The van der Waals surface area contributed by atoms with Crippen molar-refractivity contribution >= 4 is 0 Å². The number of hydrogen-bond acceptors (Lipinski definition) is 2. The van der Waals surface area contributed by atoms with Gasteiger partial charge in [-0.25, -0.2) is 5.32 Å². The highest BCUT2D eigenvalue weighted by molar-refractivity contribution is 4.77. The minimum Gasteiger partial charge on any atom is -0.317 e. The van der Waals surface area contributed by atoms with E-state index in [0.29, 0.717) is 12.1 Å². The van der Waals surface area contributed by atoms with Crippen LogP contribution in [0.2, 0.25) is 0 Å². The van der Waals surface area contributed by atoms with Crippen molar-refractivity contribution < 1.29 is 0 Å². The summed E-state index contributed by atoms with van der Waals surface area (Å²) in [6.45, 7) is 8.75.